The summed E-state index contributed by atoms with van der Waals surface area (Å²) in [6.07, 6.45) is 0.951. The molecular weight excluding hydrogens is 232 g/mol. The van der Waals surface area contributed by atoms with Crippen LogP contribution in [0, 0.1) is 0 Å². The van der Waals surface area contributed by atoms with Crippen LogP contribution in [0.1, 0.15) is 13.3 Å². The number of rotatable bonds is 4. The first-order chi connectivity index (χ1) is 8.70. The third-order valence-electron chi connectivity index (χ3n) is 2.66. The molecule has 2 rings (SSSR count). The lowest BCUT2D eigenvalue weighted by atomic mass is 10.2. The zero-order valence-corrected chi connectivity index (χ0v) is 10.3. The quantitative estimate of drug-likeness (QED) is 0.862. The molecule has 0 atom stereocenters. The summed E-state index contributed by atoms with van der Waals surface area (Å²) >= 11 is 0. The van der Waals surface area contributed by atoms with Crippen LogP contribution in [0.4, 0.5) is 5.69 Å². The second-order valence-electron chi connectivity index (χ2n) is 4.10. The third-order valence-corrected chi connectivity index (χ3v) is 2.66. The molecule has 1 aromatic rings. The van der Waals surface area contributed by atoms with E-state index in [4.69, 9.17) is 4.74 Å². The van der Waals surface area contributed by atoms with E-state index >= 15 is 0 Å². The van der Waals surface area contributed by atoms with Crippen LogP contribution in [0.15, 0.2) is 24.3 Å². The fraction of sp³-hybridized carbons (Fsp3) is 0.385. The molecule has 0 saturated carbocycles. The van der Waals surface area contributed by atoms with Crippen molar-refractivity contribution >= 4 is 17.5 Å². The minimum absolute atomic E-state index is 0.0624. The van der Waals surface area contributed by atoms with Crippen LogP contribution in [0.5, 0.6) is 5.75 Å². The van der Waals surface area contributed by atoms with Crippen LogP contribution in [0.3, 0.4) is 0 Å². The summed E-state index contributed by atoms with van der Waals surface area (Å²) < 4.78 is 5.46. The van der Waals surface area contributed by atoms with Crippen molar-refractivity contribution in [1.29, 1.82) is 0 Å². The Hall–Kier alpha value is -2.04. The second-order valence-corrected chi connectivity index (χ2v) is 4.10. The molecule has 1 fully saturated rings. The molecule has 96 valence electrons. The standard InChI is InChI=1S/C13H16N2O3/c1-2-7-18-11-5-3-10(4-6-11)15-9-12(16)14-8-13(15)17/h3-6H,2,7-9H2,1H3,(H,14,16). The molecule has 1 N–H and O–H groups in total. The second kappa shape index (κ2) is 5.53. The molecule has 0 unspecified atom stereocenters. The van der Waals surface area contributed by atoms with E-state index in [1.807, 2.05) is 19.1 Å². The Morgan fingerprint density at radius 3 is 2.67 bits per heavy atom. The predicted molar refractivity (Wildman–Crippen MR) is 67.6 cm³/mol. The number of amides is 2. The van der Waals surface area contributed by atoms with Gasteiger partial charge in [-0.15, -0.1) is 0 Å². The van der Waals surface area contributed by atoms with Crippen LogP contribution in [-0.4, -0.2) is 31.5 Å². The van der Waals surface area contributed by atoms with Crippen LogP contribution >= 0.6 is 0 Å². The van der Waals surface area contributed by atoms with Gasteiger partial charge in [-0.25, -0.2) is 0 Å². The Morgan fingerprint density at radius 1 is 1.28 bits per heavy atom. The molecule has 1 aromatic carbocycles. The highest BCUT2D eigenvalue weighted by Gasteiger charge is 2.24. The maximum atomic E-state index is 11.7. The normalized spacial score (nSPS) is 15.5. The summed E-state index contributed by atoms with van der Waals surface area (Å²) in [7, 11) is 0. The molecule has 1 saturated heterocycles. The van der Waals surface area contributed by atoms with Crippen molar-refractivity contribution < 1.29 is 14.3 Å². The van der Waals surface area contributed by atoms with Gasteiger partial charge in [0.2, 0.25) is 11.8 Å². The highest BCUT2D eigenvalue weighted by atomic mass is 16.5. The zero-order valence-electron chi connectivity index (χ0n) is 10.3. The van der Waals surface area contributed by atoms with Gasteiger partial charge in [-0.05, 0) is 30.7 Å². The maximum Gasteiger partial charge on any atom is 0.246 e. The molecule has 1 aliphatic heterocycles. The van der Waals surface area contributed by atoms with Crippen molar-refractivity contribution in [1.82, 2.24) is 5.32 Å². The van der Waals surface area contributed by atoms with Gasteiger partial charge in [0.05, 0.1) is 13.2 Å². The van der Waals surface area contributed by atoms with Crippen molar-refractivity contribution in [3.8, 4) is 5.75 Å². The topological polar surface area (TPSA) is 58.6 Å². The Labute approximate surface area is 106 Å². The number of hydrogen-bond acceptors (Lipinski definition) is 3. The van der Waals surface area contributed by atoms with Gasteiger partial charge in [-0.2, -0.15) is 0 Å². The molecule has 1 heterocycles. The summed E-state index contributed by atoms with van der Waals surface area (Å²) in [5, 5.41) is 2.52. The summed E-state index contributed by atoms with van der Waals surface area (Å²) in [5.41, 5.74) is 0.721. The summed E-state index contributed by atoms with van der Waals surface area (Å²) in [5.74, 6) is 0.534. The largest absolute Gasteiger partial charge is 0.494 e. The molecule has 1 aliphatic rings. The molecule has 18 heavy (non-hydrogen) atoms. The van der Waals surface area contributed by atoms with Crippen LogP contribution < -0.4 is 15.0 Å². The van der Waals surface area contributed by atoms with E-state index in [0.29, 0.717) is 6.61 Å². The number of benzene rings is 1. The van der Waals surface area contributed by atoms with Gasteiger partial charge in [0, 0.05) is 5.69 Å². The van der Waals surface area contributed by atoms with Gasteiger partial charge >= 0.3 is 0 Å². The number of ether oxygens (including phenoxy) is 1. The molecule has 0 radical (unpaired) electrons. The molecule has 0 bridgehead atoms. The first-order valence-electron chi connectivity index (χ1n) is 6.00. The lowest BCUT2D eigenvalue weighted by Crippen LogP contribution is -2.51. The number of anilines is 1. The van der Waals surface area contributed by atoms with Crippen molar-refractivity contribution in [3.05, 3.63) is 24.3 Å². The van der Waals surface area contributed by atoms with Crippen molar-refractivity contribution in [2.45, 2.75) is 13.3 Å². The molecule has 5 nitrogen and oxygen atoms in total. The summed E-state index contributed by atoms with van der Waals surface area (Å²) in [6, 6.07) is 7.21. The fourth-order valence-corrected chi connectivity index (χ4v) is 1.73. The minimum Gasteiger partial charge on any atom is -0.494 e. The zero-order chi connectivity index (χ0) is 13.0. The number of carbonyl (C=O) groups excluding carboxylic acids is 2. The van der Waals surface area contributed by atoms with Gasteiger partial charge in [-0.1, -0.05) is 6.92 Å². The van der Waals surface area contributed by atoms with Crippen LogP contribution in [0.25, 0.3) is 0 Å². The number of nitrogens with zero attached hydrogens (tertiary/aromatic N) is 1. The van der Waals surface area contributed by atoms with Gasteiger partial charge < -0.3 is 15.0 Å². The SMILES string of the molecule is CCCOc1ccc(N2CC(=O)NCC2=O)cc1. The van der Waals surface area contributed by atoms with Gasteiger partial charge in [0.15, 0.2) is 0 Å². The predicted octanol–water partition coefficient (Wildman–Crippen LogP) is 0.938. The first-order valence-corrected chi connectivity index (χ1v) is 6.00. The van der Waals surface area contributed by atoms with E-state index in [-0.39, 0.29) is 24.9 Å². The van der Waals surface area contributed by atoms with Gasteiger partial charge in [0.1, 0.15) is 12.3 Å². The fourth-order valence-electron chi connectivity index (χ4n) is 1.73. The molecule has 2 amide bonds. The van der Waals surface area contributed by atoms with E-state index in [1.54, 1.807) is 12.1 Å². The number of hydrogen-bond donors (Lipinski definition) is 1. The summed E-state index contributed by atoms with van der Waals surface area (Å²) in [4.78, 5) is 24.4. The Bertz CT molecular complexity index is 442. The van der Waals surface area contributed by atoms with E-state index < -0.39 is 0 Å². The van der Waals surface area contributed by atoms with E-state index in [9.17, 15) is 9.59 Å². The summed E-state index contributed by atoms with van der Waals surface area (Å²) in [6.45, 7) is 2.85. The molecule has 5 heteroatoms. The maximum absolute atomic E-state index is 11.7. The number of piperazine rings is 1. The highest BCUT2D eigenvalue weighted by molar-refractivity contribution is 6.04. The lowest BCUT2D eigenvalue weighted by molar-refractivity contribution is -0.128. The lowest BCUT2D eigenvalue weighted by Gasteiger charge is -2.26. The Balaban J connectivity index is 2.08. The third kappa shape index (κ3) is 2.80. The average Bonchev–Trinajstić information content (AvgIpc) is 2.40. The number of nitrogens with one attached hydrogen (secondary N) is 1. The van der Waals surface area contributed by atoms with E-state index in [2.05, 4.69) is 5.32 Å². The number of carbonyl (C=O) groups is 2. The molecule has 0 aromatic heterocycles. The van der Waals surface area contributed by atoms with Crippen molar-refractivity contribution in [2.75, 3.05) is 24.6 Å². The molecule has 0 aliphatic carbocycles. The highest BCUT2D eigenvalue weighted by Crippen LogP contribution is 2.20. The van der Waals surface area contributed by atoms with Crippen LogP contribution in [-0.2, 0) is 9.59 Å². The van der Waals surface area contributed by atoms with Crippen LogP contribution in [0.2, 0.25) is 0 Å². The average molecular weight is 248 g/mol. The van der Waals surface area contributed by atoms with Gasteiger partial charge in [-0.3, -0.25) is 9.59 Å². The van der Waals surface area contributed by atoms with E-state index in [1.165, 1.54) is 4.90 Å². The minimum atomic E-state index is -0.138. The monoisotopic (exact) mass is 248 g/mol. The van der Waals surface area contributed by atoms with E-state index in [0.717, 1.165) is 17.9 Å². The van der Waals surface area contributed by atoms with Crippen molar-refractivity contribution in [2.24, 2.45) is 0 Å². The van der Waals surface area contributed by atoms with Crippen molar-refractivity contribution in [3.63, 3.8) is 0 Å². The Morgan fingerprint density at radius 2 is 2.00 bits per heavy atom. The molecule has 0 spiro atoms. The Kier molecular flexibility index (Phi) is 3.82. The van der Waals surface area contributed by atoms with Gasteiger partial charge in [0.25, 0.3) is 0 Å². The smallest absolute Gasteiger partial charge is 0.246 e. The molecular formula is C13H16N2O3. The first kappa shape index (κ1) is 12.4.